The van der Waals surface area contributed by atoms with Gasteiger partial charge in [-0.05, 0) is 73.0 Å². The molecule has 7 heteroatoms. The molecule has 1 unspecified atom stereocenters. The maximum absolute atomic E-state index is 14.0. The summed E-state index contributed by atoms with van der Waals surface area (Å²) in [5.74, 6) is 2.30. The first-order valence-corrected chi connectivity index (χ1v) is 13.4. The van der Waals surface area contributed by atoms with Crippen molar-refractivity contribution in [2.75, 3.05) is 20.8 Å². The van der Waals surface area contributed by atoms with Gasteiger partial charge in [0.25, 0.3) is 5.91 Å². The fourth-order valence-corrected chi connectivity index (χ4v) is 5.37. The molecule has 4 aromatic carbocycles. The van der Waals surface area contributed by atoms with Crippen molar-refractivity contribution in [2.45, 2.75) is 19.4 Å². The van der Waals surface area contributed by atoms with Crippen LogP contribution in [-0.2, 0) is 6.42 Å². The topological polar surface area (TPSA) is 78.2 Å². The van der Waals surface area contributed by atoms with Crippen molar-refractivity contribution in [3.63, 3.8) is 0 Å². The fraction of sp³-hybridized carbons (Fsp3) is 0.176. The van der Waals surface area contributed by atoms with Crippen LogP contribution in [0, 0.1) is 6.92 Å². The van der Waals surface area contributed by atoms with E-state index in [0.29, 0.717) is 52.5 Å². The summed E-state index contributed by atoms with van der Waals surface area (Å²) in [6.45, 7) is 2.27. The third kappa shape index (κ3) is 4.91. The number of methoxy groups -OCH3 is 2. The number of hydrogen-bond acceptors (Lipinski definition) is 6. The highest BCUT2D eigenvalue weighted by Crippen LogP contribution is 2.40. The van der Waals surface area contributed by atoms with Crippen LogP contribution in [0.5, 0.6) is 23.0 Å². The highest BCUT2D eigenvalue weighted by atomic mass is 16.5. The molecular weight excluding hydrogens is 518 g/mol. The van der Waals surface area contributed by atoms with Crippen LogP contribution >= 0.6 is 0 Å². The van der Waals surface area contributed by atoms with Gasteiger partial charge >= 0.3 is 0 Å². The van der Waals surface area contributed by atoms with Gasteiger partial charge in [0.05, 0.1) is 31.2 Å². The van der Waals surface area contributed by atoms with Crippen molar-refractivity contribution in [1.29, 1.82) is 0 Å². The third-order valence-corrected chi connectivity index (χ3v) is 7.36. The maximum Gasteiger partial charge on any atom is 0.290 e. The maximum atomic E-state index is 14.0. The van der Waals surface area contributed by atoms with Crippen molar-refractivity contribution < 1.29 is 23.4 Å². The molecule has 0 aliphatic carbocycles. The highest BCUT2D eigenvalue weighted by Gasteiger charge is 2.42. The van der Waals surface area contributed by atoms with Crippen molar-refractivity contribution in [2.24, 2.45) is 0 Å². The number of nitrogens with zero attached hydrogens (tertiary/aromatic N) is 1. The van der Waals surface area contributed by atoms with E-state index in [9.17, 15) is 9.59 Å². The molecule has 0 saturated heterocycles. The van der Waals surface area contributed by atoms with E-state index in [2.05, 4.69) is 0 Å². The lowest BCUT2D eigenvalue weighted by molar-refractivity contribution is 0.0730. The van der Waals surface area contributed by atoms with Crippen LogP contribution in [0.25, 0.3) is 11.0 Å². The second-order valence-corrected chi connectivity index (χ2v) is 10.0. The van der Waals surface area contributed by atoms with Crippen LogP contribution in [0.1, 0.15) is 38.9 Å². The predicted molar refractivity (Wildman–Crippen MR) is 156 cm³/mol. The summed E-state index contributed by atoms with van der Waals surface area (Å²) in [4.78, 5) is 29.5. The van der Waals surface area contributed by atoms with Gasteiger partial charge in [0.1, 0.15) is 17.1 Å². The monoisotopic (exact) mass is 547 g/mol. The molecule has 41 heavy (non-hydrogen) atoms. The molecule has 0 fully saturated rings. The summed E-state index contributed by atoms with van der Waals surface area (Å²) >= 11 is 0. The summed E-state index contributed by atoms with van der Waals surface area (Å²) in [5.41, 5.74) is 3.20. The Morgan fingerprint density at radius 1 is 0.805 bits per heavy atom. The van der Waals surface area contributed by atoms with Crippen LogP contribution in [0.4, 0.5) is 0 Å². The summed E-state index contributed by atoms with van der Waals surface area (Å²) in [6.07, 6.45) is 0.531. The quantitative estimate of drug-likeness (QED) is 0.215. The lowest BCUT2D eigenvalue weighted by Crippen LogP contribution is -2.31. The van der Waals surface area contributed by atoms with Crippen molar-refractivity contribution in [1.82, 2.24) is 4.90 Å². The normalized spacial score (nSPS) is 14.3. The van der Waals surface area contributed by atoms with E-state index >= 15 is 0 Å². The van der Waals surface area contributed by atoms with Crippen LogP contribution in [-0.4, -0.2) is 31.6 Å². The first-order chi connectivity index (χ1) is 20.0. The number of aryl methyl sites for hydroxylation is 1. The number of carbonyl (C=O) groups is 1. The molecule has 0 saturated carbocycles. The number of benzene rings is 4. The molecule has 7 nitrogen and oxygen atoms in total. The minimum Gasteiger partial charge on any atom is -0.493 e. The molecule has 0 spiro atoms. The van der Waals surface area contributed by atoms with Crippen LogP contribution in [0.15, 0.2) is 100 Å². The van der Waals surface area contributed by atoms with Gasteiger partial charge in [0.15, 0.2) is 16.9 Å². The average molecular weight is 548 g/mol. The van der Waals surface area contributed by atoms with Gasteiger partial charge in [0, 0.05) is 6.54 Å². The van der Waals surface area contributed by atoms with E-state index in [1.807, 2.05) is 91.9 Å². The predicted octanol–water partition coefficient (Wildman–Crippen LogP) is 6.70. The third-order valence-electron chi connectivity index (χ3n) is 7.36. The largest absolute Gasteiger partial charge is 0.493 e. The number of rotatable bonds is 8. The molecule has 0 radical (unpaired) electrons. The van der Waals surface area contributed by atoms with Gasteiger partial charge < -0.3 is 23.5 Å². The highest BCUT2D eigenvalue weighted by molar-refractivity contribution is 5.99. The van der Waals surface area contributed by atoms with Crippen LogP contribution in [0.3, 0.4) is 0 Å². The second-order valence-electron chi connectivity index (χ2n) is 10.0. The number of ether oxygens (including phenoxy) is 3. The smallest absolute Gasteiger partial charge is 0.290 e. The number of amides is 1. The van der Waals surface area contributed by atoms with Crippen molar-refractivity contribution >= 4 is 16.9 Å². The Kier molecular flexibility index (Phi) is 6.93. The van der Waals surface area contributed by atoms with Gasteiger partial charge in [-0.15, -0.1) is 0 Å². The molecule has 2 heterocycles. The Bertz CT molecular complexity index is 1810. The van der Waals surface area contributed by atoms with Crippen LogP contribution in [0.2, 0.25) is 0 Å². The van der Waals surface area contributed by atoms with Crippen molar-refractivity contribution in [3.8, 4) is 23.0 Å². The summed E-state index contributed by atoms with van der Waals surface area (Å²) in [5, 5.41) is 0.458. The Morgan fingerprint density at radius 3 is 2.37 bits per heavy atom. The second kappa shape index (κ2) is 10.8. The molecule has 206 valence electrons. The standard InChI is InChI=1S/C34H29NO6/c1-21-12-14-27-26(18-21)32(36)30-31(23-8-7-11-25(20-23)40-24-9-5-4-6-10-24)35(34(37)33(30)41-27)17-16-22-13-15-28(38-2)29(19-22)39-3/h4-15,18-20,31H,16-17H2,1-3H3. The summed E-state index contributed by atoms with van der Waals surface area (Å²) in [6, 6.07) is 27.5. The van der Waals surface area contributed by atoms with E-state index < -0.39 is 6.04 Å². The molecule has 1 aromatic heterocycles. The van der Waals surface area contributed by atoms with E-state index in [-0.39, 0.29) is 17.1 Å². The summed E-state index contributed by atoms with van der Waals surface area (Å²) in [7, 11) is 3.18. The zero-order valence-electron chi connectivity index (χ0n) is 23.0. The van der Waals surface area contributed by atoms with Crippen LogP contribution < -0.4 is 19.6 Å². The van der Waals surface area contributed by atoms with E-state index in [0.717, 1.165) is 16.7 Å². The first-order valence-electron chi connectivity index (χ1n) is 13.4. The van der Waals surface area contributed by atoms with Gasteiger partial charge in [0.2, 0.25) is 5.76 Å². The Balaban J connectivity index is 1.43. The molecule has 0 bridgehead atoms. The molecule has 0 N–H and O–H groups in total. The number of fused-ring (bicyclic) bond motifs is 2. The molecule has 1 aliphatic heterocycles. The van der Waals surface area contributed by atoms with Gasteiger partial charge in [-0.3, -0.25) is 9.59 Å². The van der Waals surface area contributed by atoms with Gasteiger partial charge in [-0.2, -0.15) is 0 Å². The fourth-order valence-electron chi connectivity index (χ4n) is 5.37. The van der Waals surface area contributed by atoms with Crippen molar-refractivity contribution in [3.05, 3.63) is 129 Å². The summed E-state index contributed by atoms with van der Waals surface area (Å²) < 4.78 is 23.0. The van der Waals surface area contributed by atoms with E-state index in [1.54, 1.807) is 25.2 Å². The zero-order valence-corrected chi connectivity index (χ0v) is 23.0. The Hall–Kier alpha value is -5.04. The first kappa shape index (κ1) is 26.2. The SMILES string of the molecule is COc1ccc(CCN2C(=O)c3oc4ccc(C)cc4c(=O)c3C2c2cccc(Oc3ccccc3)c2)cc1OC. The average Bonchev–Trinajstić information content (AvgIpc) is 3.28. The lowest BCUT2D eigenvalue weighted by Gasteiger charge is -2.25. The molecule has 1 atom stereocenters. The van der Waals surface area contributed by atoms with Gasteiger partial charge in [-0.25, -0.2) is 0 Å². The van der Waals surface area contributed by atoms with Gasteiger partial charge in [-0.1, -0.05) is 48.0 Å². The lowest BCUT2D eigenvalue weighted by atomic mass is 9.97. The number of hydrogen-bond donors (Lipinski definition) is 0. The zero-order chi connectivity index (χ0) is 28.5. The minimum absolute atomic E-state index is 0.0815. The number of para-hydroxylation sites is 1. The van der Waals surface area contributed by atoms with E-state index in [1.165, 1.54) is 0 Å². The molecule has 1 amide bonds. The van der Waals surface area contributed by atoms with E-state index in [4.69, 9.17) is 18.6 Å². The molecule has 5 aromatic rings. The Labute approximate surface area is 237 Å². The molecule has 6 rings (SSSR count). The Morgan fingerprint density at radius 2 is 1.59 bits per heavy atom. The molecular formula is C34H29NO6. The molecule has 1 aliphatic rings. The number of carbonyl (C=O) groups excluding carboxylic acids is 1. The minimum atomic E-state index is -0.641.